The highest BCUT2D eigenvalue weighted by atomic mass is 127. The average molecular weight is 485 g/mol. The summed E-state index contributed by atoms with van der Waals surface area (Å²) < 4.78 is 5.22. The summed E-state index contributed by atoms with van der Waals surface area (Å²) in [5.41, 5.74) is 2.53. The van der Waals surface area contributed by atoms with Crippen molar-refractivity contribution >= 4 is 40.8 Å². The molecule has 0 spiro atoms. The Morgan fingerprint density at radius 3 is 3.00 bits per heavy atom. The average Bonchev–Trinajstić information content (AvgIpc) is 3.29. The van der Waals surface area contributed by atoms with Gasteiger partial charge in [-0.25, -0.2) is 0 Å². The lowest BCUT2D eigenvalue weighted by atomic mass is 10.1. The minimum atomic E-state index is 0. The van der Waals surface area contributed by atoms with E-state index in [1.165, 1.54) is 35.9 Å². The lowest BCUT2D eigenvalue weighted by molar-refractivity contribution is 0.141. The van der Waals surface area contributed by atoms with Crippen molar-refractivity contribution in [1.29, 1.82) is 0 Å². The number of H-pyrrole nitrogens is 1. The molecule has 0 aliphatic carbocycles. The van der Waals surface area contributed by atoms with E-state index in [0.29, 0.717) is 6.04 Å². The number of likely N-dealkylation sites (tertiary alicyclic amines) is 1. The minimum Gasteiger partial charge on any atom is -0.383 e. The molecule has 1 aromatic carbocycles. The van der Waals surface area contributed by atoms with Crippen LogP contribution < -0.4 is 10.6 Å². The van der Waals surface area contributed by atoms with E-state index in [4.69, 9.17) is 4.74 Å². The third kappa shape index (κ3) is 6.08. The number of nitrogens with zero attached hydrogens (tertiary/aromatic N) is 2. The zero-order valence-corrected chi connectivity index (χ0v) is 18.7. The molecule has 7 heteroatoms. The third-order valence-electron chi connectivity index (χ3n) is 5.17. The van der Waals surface area contributed by atoms with Crippen LogP contribution in [0.15, 0.2) is 35.5 Å². The molecule has 1 saturated heterocycles. The summed E-state index contributed by atoms with van der Waals surface area (Å²) in [4.78, 5) is 10.2. The van der Waals surface area contributed by atoms with Crippen molar-refractivity contribution in [2.75, 3.05) is 46.9 Å². The topological polar surface area (TPSA) is 64.7 Å². The van der Waals surface area contributed by atoms with E-state index >= 15 is 0 Å². The van der Waals surface area contributed by atoms with E-state index in [1.807, 2.05) is 7.05 Å². The lowest BCUT2D eigenvalue weighted by Crippen LogP contribution is -2.45. The van der Waals surface area contributed by atoms with E-state index in [2.05, 4.69) is 56.0 Å². The van der Waals surface area contributed by atoms with Gasteiger partial charge in [0.2, 0.25) is 0 Å². The van der Waals surface area contributed by atoms with Crippen molar-refractivity contribution in [2.45, 2.75) is 25.3 Å². The van der Waals surface area contributed by atoms with Crippen LogP contribution in [0.2, 0.25) is 0 Å². The first-order valence-corrected chi connectivity index (χ1v) is 9.54. The van der Waals surface area contributed by atoms with Gasteiger partial charge in [0, 0.05) is 56.9 Å². The van der Waals surface area contributed by atoms with Gasteiger partial charge in [-0.3, -0.25) is 9.89 Å². The molecule has 1 aliphatic heterocycles. The second-order valence-electron chi connectivity index (χ2n) is 6.81. The fourth-order valence-electron chi connectivity index (χ4n) is 3.72. The zero-order valence-electron chi connectivity index (χ0n) is 16.3. The smallest absolute Gasteiger partial charge is 0.191 e. The molecule has 3 N–H and O–H groups in total. The maximum absolute atomic E-state index is 5.22. The summed E-state index contributed by atoms with van der Waals surface area (Å²) >= 11 is 0. The summed E-state index contributed by atoms with van der Waals surface area (Å²) in [7, 11) is 3.60. The third-order valence-corrected chi connectivity index (χ3v) is 5.17. The first kappa shape index (κ1) is 22.0. The normalized spacial score (nSPS) is 17.9. The fourth-order valence-corrected chi connectivity index (χ4v) is 3.72. The van der Waals surface area contributed by atoms with E-state index in [1.54, 1.807) is 7.11 Å². The SMILES string of the molecule is CN=C(NCCc1c[nH]c2ccccc12)NCC1CCCN1CCOC.I. The Bertz CT molecular complexity index is 717. The Morgan fingerprint density at radius 2 is 2.19 bits per heavy atom. The quantitative estimate of drug-likeness (QED) is 0.306. The number of halogens is 1. The molecule has 1 aliphatic rings. The number of methoxy groups -OCH3 is 1. The molecule has 0 bridgehead atoms. The summed E-state index contributed by atoms with van der Waals surface area (Å²) in [6.07, 6.45) is 5.58. The van der Waals surface area contributed by atoms with Gasteiger partial charge in [-0.2, -0.15) is 0 Å². The predicted molar refractivity (Wildman–Crippen MR) is 123 cm³/mol. The second-order valence-corrected chi connectivity index (χ2v) is 6.81. The Morgan fingerprint density at radius 1 is 1.33 bits per heavy atom. The lowest BCUT2D eigenvalue weighted by Gasteiger charge is -2.25. The number of guanidine groups is 1. The van der Waals surface area contributed by atoms with Crippen LogP contribution in [0.4, 0.5) is 0 Å². The number of rotatable bonds is 8. The number of hydrogen-bond donors (Lipinski definition) is 3. The Balaban J connectivity index is 0.00000261. The number of aliphatic imine (C=N–C) groups is 1. The molecule has 1 aromatic heterocycles. The Hall–Kier alpha value is -1.32. The highest BCUT2D eigenvalue weighted by molar-refractivity contribution is 14.0. The van der Waals surface area contributed by atoms with Gasteiger partial charge >= 0.3 is 0 Å². The molecule has 6 nitrogen and oxygen atoms in total. The largest absolute Gasteiger partial charge is 0.383 e. The minimum absolute atomic E-state index is 0. The molecule has 150 valence electrons. The number of aromatic amines is 1. The van der Waals surface area contributed by atoms with Gasteiger partial charge in [0.05, 0.1) is 6.61 Å². The monoisotopic (exact) mass is 485 g/mol. The Labute approximate surface area is 179 Å². The van der Waals surface area contributed by atoms with Crippen molar-refractivity contribution in [2.24, 2.45) is 4.99 Å². The van der Waals surface area contributed by atoms with Crippen LogP contribution >= 0.6 is 24.0 Å². The van der Waals surface area contributed by atoms with Gasteiger partial charge in [-0.15, -0.1) is 24.0 Å². The molecule has 2 aromatic rings. The maximum Gasteiger partial charge on any atom is 0.191 e. The second kappa shape index (κ2) is 11.5. The van der Waals surface area contributed by atoms with E-state index in [-0.39, 0.29) is 24.0 Å². The molecule has 0 radical (unpaired) electrons. The number of ether oxygens (including phenoxy) is 1. The van der Waals surface area contributed by atoms with Gasteiger partial charge < -0.3 is 20.4 Å². The highest BCUT2D eigenvalue weighted by Crippen LogP contribution is 2.18. The van der Waals surface area contributed by atoms with E-state index in [0.717, 1.165) is 38.6 Å². The number of para-hydroxylation sites is 1. The van der Waals surface area contributed by atoms with Crippen LogP contribution in [0.25, 0.3) is 10.9 Å². The molecule has 0 saturated carbocycles. The highest BCUT2D eigenvalue weighted by Gasteiger charge is 2.23. The van der Waals surface area contributed by atoms with Gasteiger partial charge in [0.15, 0.2) is 5.96 Å². The van der Waals surface area contributed by atoms with Crippen molar-refractivity contribution < 1.29 is 4.74 Å². The van der Waals surface area contributed by atoms with E-state index in [9.17, 15) is 0 Å². The summed E-state index contributed by atoms with van der Waals surface area (Å²) in [6.45, 7) is 4.77. The van der Waals surface area contributed by atoms with E-state index < -0.39 is 0 Å². The van der Waals surface area contributed by atoms with Crippen LogP contribution in [0.1, 0.15) is 18.4 Å². The molecule has 3 rings (SSSR count). The summed E-state index contributed by atoms with van der Waals surface area (Å²) in [5.74, 6) is 0.878. The number of benzene rings is 1. The number of aromatic nitrogens is 1. The Kier molecular flexibility index (Phi) is 9.36. The van der Waals surface area contributed by atoms with Crippen LogP contribution in [0.3, 0.4) is 0 Å². The molecule has 1 atom stereocenters. The predicted octanol–water partition coefficient (Wildman–Crippen LogP) is 2.60. The molecular formula is C20H32IN5O. The van der Waals surface area contributed by atoms with Crippen molar-refractivity contribution in [1.82, 2.24) is 20.5 Å². The summed E-state index contributed by atoms with van der Waals surface area (Å²) in [6, 6.07) is 9.00. The molecule has 0 amide bonds. The molecule has 1 unspecified atom stereocenters. The standard InChI is InChI=1S/C20H31N5O.HI/c1-21-20(24-15-17-6-5-11-25(17)12-13-26-2)22-10-9-16-14-23-19-8-4-3-7-18(16)19;/h3-4,7-8,14,17,23H,5-6,9-13,15H2,1-2H3,(H2,21,22,24);1H. The summed E-state index contributed by atoms with van der Waals surface area (Å²) in [5, 5.41) is 8.22. The number of fused-ring (bicyclic) bond motifs is 1. The van der Waals surface area contributed by atoms with Crippen molar-refractivity contribution in [3.8, 4) is 0 Å². The zero-order chi connectivity index (χ0) is 18.2. The molecular weight excluding hydrogens is 453 g/mol. The van der Waals surface area contributed by atoms with Crippen LogP contribution in [-0.2, 0) is 11.2 Å². The van der Waals surface area contributed by atoms with Crippen LogP contribution in [-0.4, -0.2) is 68.8 Å². The fraction of sp³-hybridized carbons (Fsp3) is 0.550. The van der Waals surface area contributed by atoms with Gasteiger partial charge in [0.1, 0.15) is 0 Å². The number of hydrogen-bond acceptors (Lipinski definition) is 3. The molecule has 1 fully saturated rings. The van der Waals surface area contributed by atoms with Gasteiger partial charge in [-0.05, 0) is 37.4 Å². The van der Waals surface area contributed by atoms with Crippen molar-refractivity contribution in [3.63, 3.8) is 0 Å². The first-order chi connectivity index (χ1) is 12.8. The molecule has 2 heterocycles. The van der Waals surface area contributed by atoms with Gasteiger partial charge in [-0.1, -0.05) is 18.2 Å². The maximum atomic E-state index is 5.22. The first-order valence-electron chi connectivity index (χ1n) is 9.54. The van der Waals surface area contributed by atoms with Crippen LogP contribution in [0.5, 0.6) is 0 Å². The van der Waals surface area contributed by atoms with Gasteiger partial charge in [0.25, 0.3) is 0 Å². The molecule has 27 heavy (non-hydrogen) atoms. The number of nitrogens with one attached hydrogen (secondary N) is 3. The van der Waals surface area contributed by atoms with Crippen molar-refractivity contribution in [3.05, 3.63) is 36.0 Å². The van der Waals surface area contributed by atoms with Crippen LogP contribution in [0, 0.1) is 0 Å².